The van der Waals surface area contributed by atoms with Gasteiger partial charge in [-0.25, -0.2) is 0 Å². The second-order valence-corrected chi connectivity index (χ2v) is 7.12. The van der Waals surface area contributed by atoms with Crippen LogP contribution in [0.25, 0.3) is 0 Å². The Morgan fingerprint density at radius 3 is 2.72 bits per heavy atom. The van der Waals surface area contributed by atoms with Crippen molar-refractivity contribution in [2.75, 3.05) is 41.8 Å². The number of ether oxygens (including phenoxy) is 2. The first-order valence-electron chi connectivity index (χ1n) is 9.63. The fraction of sp³-hybridized carbons (Fsp3) is 0.368. The average Bonchev–Trinajstić information content (AvgIpc) is 2.72. The molecule has 0 saturated carbocycles. The van der Waals surface area contributed by atoms with Gasteiger partial charge < -0.3 is 25.0 Å². The Bertz CT molecular complexity index is 1100. The number of rotatable bonds is 4. The monoisotopic (exact) mass is 453 g/mol. The van der Waals surface area contributed by atoms with Crippen molar-refractivity contribution in [3.05, 3.63) is 40.2 Å². The van der Waals surface area contributed by atoms with Gasteiger partial charge in [-0.05, 0) is 12.1 Å². The maximum Gasteiger partial charge on any atom is 0.573 e. The SMILES string of the molecule is O=C1CC(C(=O)Nc2cccc(OC(F)(F)F)c2)c2c(nc(N3CCOCC3)[nH]c2=O)N1. The summed E-state index contributed by atoms with van der Waals surface area (Å²) in [5.74, 6) is -2.74. The van der Waals surface area contributed by atoms with Crippen LogP contribution in [-0.2, 0) is 14.3 Å². The Morgan fingerprint density at radius 2 is 2.00 bits per heavy atom. The van der Waals surface area contributed by atoms with E-state index in [0.717, 1.165) is 12.1 Å². The van der Waals surface area contributed by atoms with Crippen molar-refractivity contribution >= 4 is 29.3 Å². The number of alkyl halides is 3. The van der Waals surface area contributed by atoms with E-state index in [4.69, 9.17) is 4.74 Å². The van der Waals surface area contributed by atoms with Crippen molar-refractivity contribution in [3.8, 4) is 5.75 Å². The normalized spacial score (nSPS) is 18.5. The van der Waals surface area contributed by atoms with Crippen molar-refractivity contribution in [1.29, 1.82) is 0 Å². The molecule has 2 amide bonds. The number of halogens is 3. The molecular formula is C19H18F3N5O5. The molecule has 1 atom stereocenters. The Balaban J connectivity index is 1.59. The number of morpholine rings is 1. The zero-order chi connectivity index (χ0) is 22.9. The molecule has 2 aliphatic heterocycles. The Hall–Kier alpha value is -3.61. The van der Waals surface area contributed by atoms with Gasteiger partial charge in [-0.15, -0.1) is 13.2 Å². The van der Waals surface area contributed by atoms with Gasteiger partial charge in [-0.3, -0.25) is 19.4 Å². The summed E-state index contributed by atoms with van der Waals surface area (Å²) in [6.45, 7) is 1.90. The third kappa shape index (κ3) is 4.82. The number of nitrogens with zero attached hydrogens (tertiary/aromatic N) is 2. The van der Waals surface area contributed by atoms with Gasteiger partial charge in [0, 0.05) is 31.3 Å². The minimum Gasteiger partial charge on any atom is -0.406 e. The third-order valence-corrected chi connectivity index (χ3v) is 4.90. The van der Waals surface area contributed by atoms with Gasteiger partial charge >= 0.3 is 6.36 Å². The van der Waals surface area contributed by atoms with Gasteiger partial charge in [-0.2, -0.15) is 4.98 Å². The fourth-order valence-corrected chi connectivity index (χ4v) is 3.51. The maximum atomic E-state index is 12.8. The van der Waals surface area contributed by atoms with Crippen molar-refractivity contribution in [2.45, 2.75) is 18.7 Å². The minimum atomic E-state index is -4.89. The van der Waals surface area contributed by atoms with E-state index in [2.05, 4.69) is 25.3 Å². The molecule has 2 aromatic rings. The third-order valence-electron chi connectivity index (χ3n) is 4.90. The molecule has 32 heavy (non-hydrogen) atoms. The molecule has 0 radical (unpaired) electrons. The lowest BCUT2D eigenvalue weighted by molar-refractivity contribution is -0.274. The second kappa shape index (κ2) is 8.49. The molecule has 1 unspecified atom stereocenters. The Kier molecular flexibility index (Phi) is 5.74. The number of carbonyl (C=O) groups excluding carboxylic acids is 2. The summed E-state index contributed by atoms with van der Waals surface area (Å²) in [6, 6.07) is 4.68. The Morgan fingerprint density at radius 1 is 1.25 bits per heavy atom. The molecule has 13 heteroatoms. The second-order valence-electron chi connectivity index (χ2n) is 7.12. The summed E-state index contributed by atoms with van der Waals surface area (Å²) in [5, 5.41) is 4.94. The van der Waals surface area contributed by atoms with E-state index >= 15 is 0 Å². The highest BCUT2D eigenvalue weighted by Gasteiger charge is 2.35. The number of anilines is 3. The summed E-state index contributed by atoms with van der Waals surface area (Å²) in [7, 11) is 0. The van der Waals surface area contributed by atoms with Crippen molar-refractivity contribution in [3.63, 3.8) is 0 Å². The van der Waals surface area contributed by atoms with Crippen LogP contribution >= 0.6 is 0 Å². The molecule has 4 rings (SSSR count). The zero-order valence-corrected chi connectivity index (χ0v) is 16.5. The van der Waals surface area contributed by atoms with Crippen LogP contribution in [0.2, 0.25) is 0 Å². The lowest BCUT2D eigenvalue weighted by atomic mass is 9.92. The standard InChI is InChI=1S/C19H18F3N5O5/c20-19(21,22)32-11-3-1-2-10(8-11)23-16(29)12-9-13(28)24-15-14(12)17(30)26-18(25-15)27-4-6-31-7-5-27/h1-3,8,12H,4-7,9H2,(H,23,29)(H2,24,25,26,28,30). The first-order valence-corrected chi connectivity index (χ1v) is 9.63. The summed E-state index contributed by atoms with van der Waals surface area (Å²) >= 11 is 0. The smallest absolute Gasteiger partial charge is 0.406 e. The number of carbonyl (C=O) groups is 2. The molecule has 170 valence electrons. The molecule has 3 heterocycles. The summed E-state index contributed by atoms with van der Waals surface area (Å²) < 4.78 is 46.4. The molecule has 3 N–H and O–H groups in total. The van der Waals surface area contributed by atoms with E-state index in [0.29, 0.717) is 26.3 Å². The van der Waals surface area contributed by atoms with E-state index in [-0.39, 0.29) is 29.4 Å². The minimum absolute atomic E-state index is 0.0126. The van der Waals surface area contributed by atoms with Crippen LogP contribution < -0.4 is 25.8 Å². The number of aromatic nitrogens is 2. The molecule has 2 aliphatic rings. The van der Waals surface area contributed by atoms with Gasteiger partial charge in [0.1, 0.15) is 11.6 Å². The van der Waals surface area contributed by atoms with Gasteiger partial charge in [0.25, 0.3) is 5.56 Å². The van der Waals surface area contributed by atoms with E-state index in [9.17, 15) is 27.6 Å². The number of benzene rings is 1. The van der Waals surface area contributed by atoms with Crippen LogP contribution in [0, 0.1) is 0 Å². The van der Waals surface area contributed by atoms with Crippen LogP contribution in [0.1, 0.15) is 17.9 Å². The van der Waals surface area contributed by atoms with E-state index < -0.39 is 35.4 Å². The molecule has 10 nitrogen and oxygen atoms in total. The Labute approximate surface area is 178 Å². The van der Waals surface area contributed by atoms with Crippen LogP contribution in [0.4, 0.5) is 30.6 Å². The number of aromatic amines is 1. The fourth-order valence-electron chi connectivity index (χ4n) is 3.51. The summed E-state index contributed by atoms with van der Waals surface area (Å²) in [5.41, 5.74) is -0.605. The molecule has 1 aromatic heterocycles. The lowest BCUT2D eigenvalue weighted by Crippen LogP contribution is -2.41. The van der Waals surface area contributed by atoms with Crippen molar-refractivity contribution in [2.24, 2.45) is 0 Å². The predicted molar refractivity (Wildman–Crippen MR) is 106 cm³/mol. The summed E-state index contributed by atoms with van der Waals surface area (Å²) in [4.78, 5) is 46.5. The van der Waals surface area contributed by atoms with Gasteiger partial charge in [0.2, 0.25) is 17.8 Å². The van der Waals surface area contributed by atoms with Crippen LogP contribution in [0.5, 0.6) is 5.75 Å². The average molecular weight is 453 g/mol. The quantitative estimate of drug-likeness (QED) is 0.642. The van der Waals surface area contributed by atoms with Gasteiger partial charge in [0.05, 0.1) is 24.7 Å². The van der Waals surface area contributed by atoms with Crippen LogP contribution in [0.3, 0.4) is 0 Å². The zero-order valence-electron chi connectivity index (χ0n) is 16.5. The number of amides is 2. The number of fused-ring (bicyclic) bond motifs is 1. The van der Waals surface area contributed by atoms with Crippen molar-refractivity contribution in [1.82, 2.24) is 9.97 Å². The molecule has 0 bridgehead atoms. The highest BCUT2D eigenvalue weighted by Crippen LogP contribution is 2.31. The topological polar surface area (TPSA) is 126 Å². The number of hydrogen-bond donors (Lipinski definition) is 3. The number of hydrogen-bond acceptors (Lipinski definition) is 7. The predicted octanol–water partition coefficient (Wildman–Crippen LogP) is 1.57. The maximum absolute atomic E-state index is 12.8. The molecule has 1 saturated heterocycles. The molecular weight excluding hydrogens is 435 g/mol. The first kappa shape index (κ1) is 21.6. The van der Waals surface area contributed by atoms with E-state index in [1.807, 2.05) is 0 Å². The first-order chi connectivity index (χ1) is 15.2. The lowest BCUT2D eigenvalue weighted by Gasteiger charge is -2.29. The molecule has 1 fully saturated rings. The summed E-state index contributed by atoms with van der Waals surface area (Å²) in [6.07, 6.45) is -5.21. The van der Waals surface area contributed by atoms with Gasteiger partial charge in [-0.1, -0.05) is 6.07 Å². The largest absolute Gasteiger partial charge is 0.573 e. The molecule has 0 spiro atoms. The van der Waals surface area contributed by atoms with Crippen LogP contribution in [0.15, 0.2) is 29.1 Å². The molecule has 1 aromatic carbocycles. The van der Waals surface area contributed by atoms with E-state index in [1.54, 1.807) is 4.90 Å². The van der Waals surface area contributed by atoms with Gasteiger partial charge in [0.15, 0.2) is 0 Å². The highest BCUT2D eigenvalue weighted by atomic mass is 19.4. The van der Waals surface area contributed by atoms with Crippen LogP contribution in [-0.4, -0.2) is 54.4 Å². The number of nitrogens with one attached hydrogen (secondary N) is 3. The highest BCUT2D eigenvalue weighted by molar-refractivity contribution is 6.04. The van der Waals surface area contributed by atoms with Crippen molar-refractivity contribution < 1.29 is 32.2 Å². The number of H-pyrrole nitrogens is 1. The van der Waals surface area contributed by atoms with E-state index in [1.165, 1.54) is 12.1 Å². The molecule has 0 aliphatic carbocycles.